The van der Waals surface area contributed by atoms with Gasteiger partial charge in [0.2, 0.25) is 0 Å². The SMILES string of the molecule is C=Cc1cc2cc3cc(-c4cc5cc6cc7ccccc7cc6cc5o4)oc3cc2cc1C=C. The van der Waals surface area contributed by atoms with Gasteiger partial charge in [-0.25, -0.2) is 0 Å². The molecule has 0 unspecified atom stereocenters. The summed E-state index contributed by atoms with van der Waals surface area (Å²) in [7, 11) is 0. The minimum atomic E-state index is 0.726. The zero-order valence-corrected chi connectivity index (χ0v) is 18.5. The lowest BCUT2D eigenvalue weighted by Gasteiger charge is -2.05. The summed E-state index contributed by atoms with van der Waals surface area (Å²) in [5.41, 5.74) is 3.82. The maximum atomic E-state index is 6.25. The van der Waals surface area contributed by atoms with Crippen LogP contribution in [0.1, 0.15) is 11.1 Å². The molecule has 0 saturated heterocycles. The largest absolute Gasteiger partial charge is 0.453 e. The van der Waals surface area contributed by atoms with Crippen molar-refractivity contribution in [1.82, 2.24) is 0 Å². The Labute approximate surface area is 196 Å². The van der Waals surface area contributed by atoms with Gasteiger partial charge < -0.3 is 8.83 Å². The van der Waals surface area contributed by atoms with E-state index in [9.17, 15) is 0 Å². The van der Waals surface area contributed by atoms with Crippen LogP contribution in [0, 0.1) is 0 Å². The fourth-order valence-electron chi connectivity index (χ4n) is 4.95. The molecule has 0 fully saturated rings. The molecule has 160 valence electrons. The van der Waals surface area contributed by atoms with Crippen molar-refractivity contribution in [2.45, 2.75) is 0 Å². The van der Waals surface area contributed by atoms with E-state index < -0.39 is 0 Å². The number of rotatable bonds is 3. The van der Waals surface area contributed by atoms with Gasteiger partial charge in [-0.15, -0.1) is 0 Å². The molecule has 5 aromatic carbocycles. The maximum absolute atomic E-state index is 6.25. The van der Waals surface area contributed by atoms with Crippen molar-refractivity contribution in [2.75, 3.05) is 0 Å². The quantitative estimate of drug-likeness (QED) is 0.258. The number of hydrogen-bond acceptors (Lipinski definition) is 2. The van der Waals surface area contributed by atoms with Gasteiger partial charge in [0, 0.05) is 10.8 Å². The smallest absolute Gasteiger partial charge is 0.170 e. The van der Waals surface area contributed by atoms with Crippen LogP contribution in [0.4, 0.5) is 0 Å². The zero-order chi connectivity index (χ0) is 22.8. The molecule has 0 spiro atoms. The van der Waals surface area contributed by atoms with Crippen LogP contribution in [-0.4, -0.2) is 0 Å². The van der Waals surface area contributed by atoms with E-state index in [0.29, 0.717) is 0 Å². The Morgan fingerprint density at radius 3 is 1.35 bits per heavy atom. The number of hydrogen-bond donors (Lipinski definition) is 0. The molecule has 34 heavy (non-hydrogen) atoms. The van der Waals surface area contributed by atoms with Crippen LogP contribution in [0.25, 0.3) is 77.9 Å². The molecule has 2 aromatic heterocycles. The van der Waals surface area contributed by atoms with Gasteiger partial charge in [0.1, 0.15) is 11.2 Å². The predicted molar refractivity (Wildman–Crippen MR) is 144 cm³/mol. The standard InChI is InChI=1S/C32H20O2/c1-3-19-9-23-13-27-17-31(33-29(27)15-25(23)10-20(19)4-2)32-18-28-14-24-11-21-7-5-6-8-22(21)12-26(24)16-30(28)34-32/h3-18H,1-2H2. The van der Waals surface area contributed by atoms with E-state index in [-0.39, 0.29) is 0 Å². The number of fused-ring (bicyclic) bond motifs is 5. The second kappa shape index (κ2) is 6.97. The molecular weight excluding hydrogens is 416 g/mol. The first kappa shape index (κ1) is 19.0. The lowest BCUT2D eigenvalue weighted by Crippen LogP contribution is -1.82. The van der Waals surface area contributed by atoms with Crippen molar-refractivity contribution in [3.63, 3.8) is 0 Å². The molecule has 2 nitrogen and oxygen atoms in total. The van der Waals surface area contributed by atoms with E-state index in [4.69, 9.17) is 8.83 Å². The van der Waals surface area contributed by atoms with Gasteiger partial charge >= 0.3 is 0 Å². The summed E-state index contributed by atoms with van der Waals surface area (Å²) in [5, 5.41) is 9.19. The molecule has 0 atom stereocenters. The van der Waals surface area contributed by atoms with Gasteiger partial charge in [0.05, 0.1) is 0 Å². The van der Waals surface area contributed by atoms with Crippen molar-refractivity contribution in [1.29, 1.82) is 0 Å². The molecule has 7 rings (SSSR count). The van der Waals surface area contributed by atoms with Gasteiger partial charge in [-0.3, -0.25) is 0 Å². The second-order valence-corrected chi connectivity index (χ2v) is 8.78. The second-order valence-electron chi connectivity index (χ2n) is 8.78. The first-order valence-corrected chi connectivity index (χ1v) is 11.3. The normalized spacial score (nSPS) is 11.8. The van der Waals surface area contributed by atoms with Crippen LogP contribution < -0.4 is 0 Å². The Kier molecular flexibility index (Phi) is 3.88. The minimum absolute atomic E-state index is 0.726. The molecule has 0 aliphatic heterocycles. The topological polar surface area (TPSA) is 26.3 Å². The van der Waals surface area contributed by atoms with Gasteiger partial charge in [0.25, 0.3) is 0 Å². The van der Waals surface area contributed by atoms with Crippen molar-refractivity contribution in [2.24, 2.45) is 0 Å². The maximum Gasteiger partial charge on any atom is 0.170 e. The highest BCUT2D eigenvalue weighted by Gasteiger charge is 2.14. The Morgan fingerprint density at radius 1 is 0.441 bits per heavy atom. The van der Waals surface area contributed by atoms with E-state index in [2.05, 4.69) is 98.1 Å². The van der Waals surface area contributed by atoms with Gasteiger partial charge in [0.15, 0.2) is 11.5 Å². The lowest BCUT2D eigenvalue weighted by molar-refractivity contribution is 0.569. The van der Waals surface area contributed by atoms with Gasteiger partial charge in [-0.1, -0.05) is 49.6 Å². The van der Waals surface area contributed by atoms with Crippen LogP contribution in [0.15, 0.2) is 107 Å². The third kappa shape index (κ3) is 2.82. The van der Waals surface area contributed by atoms with E-state index in [1.807, 2.05) is 12.2 Å². The first-order valence-electron chi connectivity index (χ1n) is 11.3. The molecule has 0 saturated carbocycles. The highest BCUT2D eigenvalue weighted by atomic mass is 16.4. The van der Waals surface area contributed by atoms with Crippen molar-refractivity contribution >= 4 is 66.4 Å². The van der Waals surface area contributed by atoms with Crippen LogP contribution in [0.2, 0.25) is 0 Å². The summed E-state index contributed by atoms with van der Waals surface area (Å²) in [6.07, 6.45) is 3.72. The Hall–Kier alpha value is -4.56. The fourth-order valence-corrected chi connectivity index (χ4v) is 4.95. The van der Waals surface area contributed by atoms with Crippen LogP contribution in [-0.2, 0) is 0 Å². The molecule has 2 heteroatoms. The number of benzene rings is 5. The van der Waals surface area contributed by atoms with Crippen molar-refractivity contribution in [3.05, 3.63) is 109 Å². The third-order valence-electron chi connectivity index (χ3n) is 6.70. The Bertz CT molecular complexity index is 1810. The molecule has 0 radical (unpaired) electrons. The van der Waals surface area contributed by atoms with Crippen LogP contribution >= 0.6 is 0 Å². The summed E-state index contributed by atoms with van der Waals surface area (Å²) in [6.45, 7) is 7.86. The molecule has 0 aliphatic carbocycles. The Balaban J connectivity index is 1.39. The monoisotopic (exact) mass is 436 g/mol. The van der Waals surface area contributed by atoms with E-state index >= 15 is 0 Å². The highest BCUT2D eigenvalue weighted by molar-refractivity contribution is 6.04. The predicted octanol–water partition coefficient (Wildman–Crippen LogP) is 9.59. The molecule has 2 heterocycles. The molecule has 0 amide bonds. The summed E-state index contributed by atoms with van der Waals surface area (Å²) in [6, 6.07) is 29.8. The van der Waals surface area contributed by atoms with E-state index in [1.165, 1.54) is 21.5 Å². The Morgan fingerprint density at radius 2 is 0.853 bits per heavy atom. The molecular formula is C32H20O2. The highest BCUT2D eigenvalue weighted by Crippen LogP contribution is 2.36. The summed E-state index contributed by atoms with van der Waals surface area (Å²) in [5.74, 6) is 1.46. The summed E-state index contributed by atoms with van der Waals surface area (Å²) >= 11 is 0. The van der Waals surface area contributed by atoms with E-state index in [1.54, 1.807) is 0 Å². The summed E-state index contributed by atoms with van der Waals surface area (Å²) in [4.78, 5) is 0. The van der Waals surface area contributed by atoms with Crippen LogP contribution in [0.3, 0.4) is 0 Å². The zero-order valence-electron chi connectivity index (χ0n) is 18.5. The van der Waals surface area contributed by atoms with Crippen molar-refractivity contribution in [3.8, 4) is 11.5 Å². The van der Waals surface area contributed by atoms with Crippen molar-refractivity contribution < 1.29 is 8.83 Å². The lowest BCUT2D eigenvalue weighted by atomic mass is 10.00. The average Bonchev–Trinajstić information content (AvgIpc) is 3.46. The first-order chi connectivity index (χ1) is 16.7. The molecule has 0 N–H and O–H groups in total. The minimum Gasteiger partial charge on any atom is -0.453 e. The van der Waals surface area contributed by atoms with Gasteiger partial charge in [-0.05, 0) is 104 Å². The average molecular weight is 437 g/mol. The molecule has 0 aliphatic rings. The van der Waals surface area contributed by atoms with Gasteiger partial charge in [-0.2, -0.15) is 0 Å². The molecule has 0 bridgehead atoms. The fraction of sp³-hybridized carbons (Fsp3) is 0. The van der Waals surface area contributed by atoms with Crippen LogP contribution in [0.5, 0.6) is 0 Å². The van der Waals surface area contributed by atoms with E-state index in [0.717, 1.165) is 55.4 Å². The molecule has 7 aromatic rings. The number of furan rings is 2. The summed E-state index contributed by atoms with van der Waals surface area (Å²) < 4.78 is 12.5. The third-order valence-corrected chi connectivity index (χ3v) is 6.70.